The van der Waals surface area contributed by atoms with Gasteiger partial charge in [-0.05, 0) is 123 Å². The fourth-order valence-electron chi connectivity index (χ4n) is 5.57. The van der Waals surface area contributed by atoms with E-state index in [1.807, 2.05) is 24.3 Å². The normalized spacial score (nSPS) is 12.1. The van der Waals surface area contributed by atoms with Crippen LogP contribution >= 0.6 is 46.4 Å². The molecule has 0 aliphatic rings. The van der Waals surface area contributed by atoms with Crippen molar-refractivity contribution in [3.05, 3.63) is 141 Å². The first kappa shape index (κ1) is 46.7. The predicted octanol–water partition coefficient (Wildman–Crippen LogP) is 10.4. The van der Waals surface area contributed by atoms with Crippen molar-refractivity contribution < 1.29 is 28.8 Å². The molecule has 4 amide bonds. The van der Waals surface area contributed by atoms with Gasteiger partial charge in [0.25, 0.3) is 23.6 Å². The Labute approximate surface area is 376 Å². The Morgan fingerprint density at radius 3 is 1.13 bits per heavy atom. The molecule has 2 unspecified atom stereocenters. The smallest absolute Gasteiger partial charge is 0.258 e. The van der Waals surface area contributed by atoms with Crippen LogP contribution in [-0.2, 0) is 32.0 Å². The average Bonchev–Trinajstić information content (AvgIpc) is 3.24. The molecule has 18 heteroatoms. The first-order valence-corrected chi connectivity index (χ1v) is 20.6. The van der Waals surface area contributed by atoms with Gasteiger partial charge in [0.15, 0.2) is 11.6 Å². The monoisotopic (exact) mass is 914 g/mol. The Morgan fingerprint density at radius 2 is 0.806 bits per heavy atom. The van der Waals surface area contributed by atoms with Crippen LogP contribution < -0.4 is 21.3 Å². The van der Waals surface area contributed by atoms with E-state index in [1.54, 1.807) is 24.3 Å². The summed E-state index contributed by atoms with van der Waals surface area (Å²) >= 11 is 24.2. The SMILES string of the molecule is CC(=O)C(N=Nc1ccc(Cl)c(C(=O)Nc2ccc(CCCl)cc2)c1)C(=O)Nc1ccc(NC(=O)C(N=Nc2ccc(Cl)c(C(=O)Nc3ccc(CCCl)cc3)c2)C(C)=O)cc1. The lowest BCUT2D eigenvalue weighted by Crippen LogP contribution is -2.32. The van der Waals surface area contributed by atoms with Crippen LogP contribution in [0.25, 0.3) is 0 Å². The van der Waals surface area contributed by atoms with Crippen molar-refractivity contribution in [2.75, 3.05) is 33.0 Å². The number of Topliss-reactive ketones (excluding diaryl/α,β-unsaturated/α-hetero) is 2. The molecule has 5 aromatic rings. The van der Waals surface area contributed by atoms with Gasteiger partial charge in [-0.15, -0.1) is 23.2 Å². The molecular formula is C44H38Cl4N8O6. The van der Waals surface area contributed by atoms with E-state index in [4.69, 9.17) is 46.4 Å². The fourth-order valence-corrected chi connectivity index (χ4v) is 6.41. The van der Waals surface area contributed by atoms with Crippen LogP contribution in [0.5, 0.6) is 0 Å². The van der Waals surface area contributed by atoms with Crippen molar-refractivity contribution in [1.82, 2.24) is 0 Å². The van der Waals surface area contributed by atoms with E-state index < -0.39 is 47.3 Å². The molecular weight excluding hydrogens is 878 g/mol. The average molecular weight is 917 g/mol. The molecule has 0 bridgehead atoms. The van der Waals surface area contributed by atoms with Gasteiger partial charge in [0.05, 0.1) is 32.5 Å². The summed E-state index contributed by atoms with van der Waals surface area (Å²) in [5, 5.41) is 27.0. The summed E-state index contributed by atoms with van der Waals surface area (Å²) in [6.07, 6.45) is 1.38. The Bertz CT molecular complexity index is 2340. The van der Waals surface area contributed by atoms with Gasteiger partial charge in [-0.1, -0.05) is 47.5 Å². The maximum atomic E-state index is 13.1. The second-order valence-corrected chi connectivity index (χ2v) is 15.1. The number of hydrogen-bond donors (Lipinski definition) is 4. The van der Waals surface area contributed by atoms with Crippen molar-refractivity contribution >= 4 is 116 Å². The van der Waals surface area contributed by atoms with Crippen LogP contribution in [0.15, 0.2) is 130 Å². The summed E-state index contributed by atoms with van der Waals surface area (Å²) in [5.74, 6) is -2.86. The fraction of sp³-hybridized carbons (Fsp3) is 0.182. The Balaban J connectivity index is 1.18. The number of nitrogens with zero attached hydrogens (tertiary/aromatic N) is 4. The van der Waals surface area contributed by atoms with Gasteiger partial charge < -0.3 is 21.3 Å². The summed E-state index contributed by atoms with van der Waals surface area (Å²) in [6.45, 7) is 2.36. The second-order valence-electron chi connectivity index (χ2n) is 13.5. The number of carbonyl (C=O) groups is 6. The predicted molar refractivity (Wildman–Crippen MR) is 242 cm³/mol. The number of nitrogens with one attached hydrogen (secondary N) is 4. The number of azo groups is 2. The lowest BCUT2D eigenvalue weighted by molar-refractivity contribution is -0.127. The Hall–Kier alpha value is -6.32. The van der Waals surface area contributed by atoms with Crippen LogP contribution in [0.2, 0.25) is 10.0 Å². The first-order valence-electron chi connectivity index (χ1n) is 18.8. The maximum absolute atomic E-state index is 13.1. The van der Waals surface area contributed by atoms with Gasteiger partial charge in [-0.3, -0.25) is 28.8 Å². The van der Waals surface area contributed by atoms with Crippen molar-refractivity contribution in [2.24, 2.45) is 20.5 Å². The van der Waals surface area contributed by atoms with E-state index in [-0.39, 0.29) is 43.9 Å². The molecule has 2 atom stereocenters. The van der Waals surface area contributed by atoms with E-state index in [0.717, 1.165) is 11.1 Å². The molecule has 318 valence electrons. The summed E-state index contributed by atoms with van der Waals surface area (Å²) in [5.41, 5.74) is 4.15. The second kappa shape index (κ2) is 22.5. The first-order chi connectivity index (χ1) is 29.7. The summed E-state index contributed by atoms with van der Waals surface area (Å²) < 4.78 is 0. The lowest BCUT2D eigenvalue weighted by atomic mass is 10.1. The molecule has 5 aromatic carbocycles. The number of benzene rings is 5. The third kappa shape index (κ3) is 13.3. The van der Waals surface area contributed by atoms with Gasteiger partial charge >= 0.3 is 0 Å². The molecule has 0 heterocycles. The van der Waals surface area contributed by atoms with Crippen LogP contribution in [0.3, 0.4) is 0 Å². The highest BCUT2D eigenvalue weighted by Crippen LogP contribution is 2.27. The van der Waals surface area contributed by atoms with Crippen LogP contribution in [0.4, 0.5) is 34.1 Å². The van der Waals surface area contributed by atoms with Crippen molar-refractivity contribution in [3.63, 3.8) is 0 Å². The van der Waals surface area contributed by atoms with Gasteiger partial charge in [0.2, 0.25) is 12.1 Å². The zero-order valence-corrected chi connectivity index (χ0v) is 36.1. The molecule has 0 radical (unpaired) electrons. The van der Waals surface area contributed by atoms with Gasteiger partial charge in [-0.25, -0.2) is 0 Å². The Morgan fingerprint density at radius 1 is 0.484 bits per heavy atom. The third-order valence-corrected chi connectivity index (χ3v) is 9.88. The number of ketones is 2. The Kier molecular flexibility index (Phi) is 17.0. The summed E-state index contributed by atoms with van der Waals surface area (Å²) in [6, 6.07) is 25.7. The minimum atomic E-state index is -1.54. The zero-order valence-electron chi connectivity index (χ0n) is 33.1. The number of alkyl halides is 2. The quantitative estimate of drug-likeness (QED) is 0.0383. The van der Waals surface area contributed by atoms with Gasteiger partial charge in [0.1, 0.15) is 0 Å². The van der Waals surface area contributed by atoms with E-state index in [0.29, 0.717) is 36.0 Å². The zero-order chi connectivity index (χ0) is 44.8. The number of hydrogen-bond acceptors (Lipinski definition) is 10. The molecule has 0 aromatic heterocycles. The van der Waals surface area contributed by atoms with Crippen LogP contribution in [0, 0.1) is 0 Å². The largest absolute Gasteiger partial charge is 0.324 e. The van der Waals surface area contributed by atoms with Crippen LogP contribution in [-0.4, -0.2) is 59.0 Å². The van der Waals surface area contributed by atoms with E-state index in [2.05, 4.69) is 41.7 Å². The number of halogens is 4. The van der Waals surface area contributed by atoms with E-state index >= 15 is 0 Å². The molecule has 0 saturated carbocycles. The van der Waals surface area contributed by atoms with E-state index in [9.17, 15) is 28.8 Å². The highest BCUT2D eigenvalue weighted by molar-refractivity contribution is 6.35. The van der Waals surface area contributed by atoms with Crippen LogP contribution in [0.1, 0.15) is 45.7 Å². The number of aryl methyl sites for hydroxylation is 2. The molecule has 0 spiro atoms. The van der Waals surface area contributed by atoms with Gasteiger partial charge in [-0.2, -0.15) is 20.5 Å². The summed E-state index contributed by atoms with van der Waals surface area (Å²) in [4.78, 5) is 77.2. The summed E-state index contributed by atoms with van der Waals surface area (Å²) in [7, 11) is 0. The topological polar surface area (TPSA) is 200 Å². The number of anilines is 4. The highest BCUT2D eigenvalue weighted by Gasteiger charge is 2.25. The number of carbonyl (C=O) groups excluding carboxylic acids is 6. The standard InChI is InChI=1S/C44H38Cl4N8O6/c1-25(57)39(55-53-33-15-17-37(47)35(23-33)41(59)49-29-7-3-27(4-8-29)19-21-45)43(61)51-31-11-13-32(14-12-31)52-44(62)40(26(2)58)56-54-34-16-18-38(48)36(24-34)42(60)50-30-9-5-28(6-10-30)20-22-46/h3-18,23-24,39-40H,19-22H2,1-2H3,(H,49,59)(H,50,60)(H,51,61)(H,52,62). The van der Waals surface area contributed by atoms with Crippen molar-refractivity contribution in [2.45, 2.75) is 38.8 Å². The molecule has 0 fully saturated rings. The number of rotatable bonds is 18. The van der Waals surface area contributed by atoms with E-state index in [1.165, 1.54) is 74.5 Å². The minimum Gasteiger partial charge on any atom is -0.324 e. The van der Waals surface area contributed by atoms with Crippen molar-refractivity contribution in [3.8, 4) is 0 Å². The van der Waals surface area contributed by atoms with Gasteiger partial charge in [0, 0.05) is 34.5 Å². The molecule has 0 aliphatic carbocycles. The maximum Gasteiger partial charge on any atom is 0.258 e. The number of amides is 4. The molecule has 0 saturated heterocycles. The molecule has 4 N–H and O–H groups in total. The molecule has 14 nitrogen and oxygen atoms in total. The minimum absolute atomic E-state index is 0.0975. The molecule has 5 rings (SSSR count). The third-order valence-electron chi connectivity index (χ3n) is 8.84. The lowest BCUT2D eigenvalue weighted by Gasteiger charge is -2.12. The molecule has 62 heavy (non-hydrogen) atoms. The highest BCUT2D eigenvalue weighted by atomic mass is 35.5. The van der Waals surface area contributed by atoms with Crippen molar-refractivity contribution in [1.29, 1.82) is 0 Å². The molecule has 0 aliphatic heterocycles.